The summed E-state index contributed by atoms with van der Waals surface area (Å²) < 4.78 is 1.87. The number of aromatic nitrogens is 2. The molecule has 1 saturated heterocycles. The minimum atomic E-state index is -0.237. The summed E-state index contributed by atoms with van der Waals surface area (Å²) >= 11 is 6.29. The molecular weight excluding hydrogens is 250 g/mol. The van der Waals surface area contributed by atoms with Gasteiger partial charge in [-0.3, -0.25) is 9.58 Å². The van der Waals surface area contributed by atoms with E-state index >= 15 is 0 Å². The number of hydrogen-bond donors (Lipinski definition) is 1. The Morgan fingerprint density at radius 1 is 1.56 bits per heavy atom. The zero-order valence-corrected chi connectivity index (χ0v) is 12.1. The Morgan fingerprint density at radius 2 is 2.28 bits per heavy atom. The Morgan fingerprint density at radius 3 is 2.83 bits per heavy atom. The smallest absolute Gasteiger partial charge is 0.0860 e. The second-order valence-corrected chi connectivity index (χ2v) is 5.70. The molecule has 2 atom stereocenters. The highest BCUT2D eigenvalue weighted by molar-refractivity contribution is 6.31. The number of likely N-dealkylation sites (tertiary alicyclic amines) is 1. The van der Waals surface area contributed by atoms with Crippen LogP contribution in [0.1, 0.15) is 37.6 Å². The monoisotopic (exact) mass is 271 g/mol. The van der Waals surface area contributed by atoms with Gasteiger partial charge < -0.3 is 5.11 Å². The molecule has 0 aromatic carbocycles. The first-order chi connectivity index (χ1) is 8.49. The third kappa shape index (κ3) is 2.87. The molecule has 1 aromatic rings. The highest BCUT2D eigenvalue weighted by Gasteiger charge is 2.27. The molecule has 18 heavy (non-hydrogen) atoms. The first-order valence-corrected chi connectivity index (χ1v) is 6.97. The van der Waals surface area contributed by atoms with Crippen molar-refractivity contribution in [3.63, 3.8) is 0 Å². The average Bonchev–Trinajstić information content (AvgIpc) is 2.79. The fourth-order valence-corrected chi connectivity index (χ4v) is 3.03. The van der Waals surface area contributed by atoms with Gasteiger partial charge in [0.15, 0.2) is 0 Å². The molecule has 0 aliphatic carbocycles. The van der Waals surface area contributed by atoms with E-state index in [0.717, 1.165) is 35.9 Å². The van der Waals surface area contributed by atoms with Crippen LogP contribution >= 0.6 is 11.6 Å². The van der Waals surface area contributed by atoms with Crippen LogP contribution < -0.4 is 0 Å². The quantitative estimate of drug-likeness (QED) is 0.912. The van der Waals surface area contributed by atoms with Gasteiger partial charge in [-0.2, -0.15) is 5.10 Å². The van der Waals surface area contributed by atoms with Crippen molar-refractivity contribution in [3.8, 4) is 0 Å². The molecule has 1 aliphatic heterocycles. The second kappa shape index (κ2) is 5.59. The summed E-state index contributed by atoms with van der Waals surface area (Å²) in [6, 6.07) is 0.469. The number of aryl methyl sites for hydroxylation is 2. The summed E-state index contributed by atoms with van der Waals surface area (Å²) in [6.45, 7) is 5.70. The summed E-state index contributed by atoms with van der Waals surface area (Å²) in [7, 11) is 1.94. The lowest BCUT2D eigenvalue weighted by atomic mass is 10.1. The molecule has 0 amide bonds. The Bertz CT molecular complexity index is 417. The summed E-state index contributed by atoms with van der Waals surface area (Å²) in [6.07, 6.45) is 2.97. The molecule has 1 aliphatic rings. The van der Waals surface area contributed by atoms with E-state index in [0.29, 0.717) is 6.04 Å². The lowest BCUT2D eigenvalue weighted by Crippen LogP contribution is -2.32. The van der Waals surface area contributed by atoms with E-state index in [4.69, 9.17) is 11.6 Å². The first kappa shape index (κ1) is 13.8. The Labute approximate surface area is 114 Å². The third-order valence-corrected chi connectivity index (χ3v) is 4.22. The molecule has 1 fully saturated rings. The van der Waals surface area contributed by atoms with Gasteiger partial charge in [0.05, 0.1) is 22.5 Å². The number of aliphatic hydroxyl groups is 1. The molecule has 4 nitrogen and oxygen atoms in total. The van der Waals surface area contributed by atoms with Gasteiger partial charge in [0.25, 0.3) is 0 Å². The Balaban J connectivity index is 2.08. The zero-order chi connectivity index (χ0) is 13.3. The van der Waals surface area contributed by atoms with Gasteiger partial charge in [0, 0.05) is 19.6 Å². The highest BCUT2D eigenvalue weighted by atomic mass is 35.5. The van der Waals surface area contributed by atoms with Crippen LogP contribution in [0.5, 0.6) is 0 Å². The lowest BCUT2D eigenvalue weighted by Gasteiger charge is -2.25. The van der Waals surface area contributed by atoms with Crippen molar-refractivity contribution in [1.29, 1.82) is 0 Å². The SMILES string of the molecule is Cc1nn(C)c(CN2CCCC2CC(C)O)c1Cl. The van der Waals surface area contributed by atoms with Crippen LogP contribution in [-0.2, 0) is 13.6 Å². The van der Waals surface area contributed by atoms with Crippen LogP contribution in [0.4, 0.5) is 0 Å². The van der Waals surface area contributed by atoms with Gasteiger partial charge >= 0.3 is 0 Å². The van der Waals surface area contributed by atoms with Crippen molar-refractivity contribution in [2.75, 3.05) is 6.54 Å². The molecule has 1 aromatic heterocycles. The summed E-state index contributed by atoms with van der Waals surface area (Å²) in [5.74, 6) is 0. The van der Waals surface area contributed by atoms with Gasteiger partial charge in [-0.1, -0.05) is 11.6 Å². The third-order valence-electron chi connectivity index (χ3n) is 3.73. The Hall–Kier alpha value is -0.580. The van der Waals surface area contributed by atoms with E-state index in [2.05, 4.69) is 10.00 Å². The highest BCUT2D eigenvalue weighted by Crippen LogP contribution is 2.27. The van der Waals surface area contributed by atoms with Crippen LogP contribution in [0, 0.1) is 6.92 Å². The Kier molecular flexibility index (Phi) is 4.30. The fraction of sp³-hybridized carbons (Fsp3) is 0.769. The zero-order valence-electron chi connectivity index (χ0n) is 11.4. The van der Waals surface area contributed by atoms with Crippen LogP contribution in [0.15, 0.2) is 0 Å². The number of nitrogens with zero attached hydrogens (tertiary/aromatic N) is 3. The minimum absolute atomic E-state index is 0.237. The summed E-state index contributed by atoms with van der Waals surface area (Å²) in [4.78, 5) is 2.41. The summed E-state index contributed by atoms with van der Waals surface area (Å²) in [5, 5.41) is 14.7. The molecule has 0 saturated carbocycles. The molecule has 0 spiro atoms. The topological polar surface area (TPSA) is 41.3 Å². The van der Waals surface area contributed by atoms with Gasteiger partial charge in [0.2, 0.25) is 0 Å². The van der Waals surface area contributed by atoms with Crippen molar-refractivity contribution in [1.82, 2.24) is 14.7 Å². The van der Waals surface area contributed by atoms with Crippen molar-refractivity contribution in [3.05, 3.63) is 16.4 Å². The van der Waals surface area contributed by atoms with Gasteiger partial charge in [0.1, 0.15) is 0 Å². The molecule has 102 valence electrons. The molecule has 5 heteroatoms. The second-order valence-electron chi connectivity index (χ2n) is 5.32. The van der Waals surface area contributed by atoms with Gasteiger partial charge in [-0.15, -0.1) is 0 Å². The molecule has 2 heterocycles. The molecular formula is C13H22ClN3O. The molecule has 0 radical (unpaired) electrons. The lowest BCUT2D eigenvalue weighted by molar-refractivity contribution is 0.129. The van der Waals surface area contributed by atoms with Crippen LogP contribution in [-0.4, -0.2) is 38.5 Å². The molecule has 1 N–H and O–H groups in total. The van der Waals surface area contributed by atoms with E-state index in [-0.39, 0.29) is 6.10 Å². The average molecular weight is 272 g/mol. The van der Waals surface area contributed by atoms with Crippen molar-refractivity contribution < 1.29 is 5.11 Å². The van der Waals surface area contributed by atoms with Gasteiger partial charge in [-0.05, 0) is 39.7 Å². The normalized spacial score (nSPS) is 22.6. The molecule has 0 bridgehead atoms. The van der Waals surface area contributed by atoms with Crippen LogP contribution in [0.2, 0.25) is 5.02 Å². The predicted octanol–water partition coefficient (Wildman–Crippen LogP) is 2.12. The van der Waals surface area contributed by atoms with E-state index in [1.165, 1.54) is 12.8 Å². The molecule has 2 rings (SSSR count). The van der Waals surface area contributed by atoms with E-state index in [1.54, 1.807) is 0 Å². The maximum Gasteiger partial charge on any atom is 0.0860 e. The van der Waals surface area contributed by atoms with E-state index in [9.17, 15) is 5.11 Å². The largest absolute Gasteiger partial charge is 0.393 e. The molecule has 2 unspecified atom stereocenters. The number of aliphatic hydroxyl groups excluding tert-OH is 1. The van der Waals surface area contributed by atoms with Crippen molar-refractivity contribution in [2.24, 2.45) is 7.05 Å². The maximum atomic E-state index is 9.54. The first-order valence-electron chi connectivity index (χ1n) is 6.59. The minimum Gasteiger partial charge on any atom is -0.393 e. The predicted molar refractivity (Wildman–Crippen MR) is 72.7 cm³/mol. The number of hydrogen-bond acceptors (Lipinski definition) is 3. The van der Waals surface area contributed by atoms with E-state index in [1.807, 2.05) is 25.6 Å². The standard InChI is InChI=1S/C13H22ClN3O/c1-9(18)7-11-5-4-6-17(11)8-12-13(14)10(2)15-16(12)3/h9,11,18H,4-8H2,1-3H3. The van der Waals surface area contributed by atoms with Crippen molar-refractivity contribution >= 4 is 11.6 Å². The maximum absolute atomic E-state index is 9.54. The summed E-state index contributed by atoms with van der Waals surface area (Å²) in [5.41, 5.74) is 1.96. The van der Waals surface area contributed by atoms with Crippen LogP contribution in [0.3, 0.4) is 0 Å². The van der Waals surface area contributed by atoms with Crippen LogP contribution in [0.25, 0.3) is 0 Å². The van der Waals surface area contributed by atoms with Gasteiger partial charge in [-0.25, -0.2) is 0 Å². The van der Waals surface area contributed by atoms with E-state index < -0.39 is 0 Å². The van der Waals surface area contributed by atoms with Crippen molar-refractivity contribution in [2.45, 2.75) is 51.8 Å². The number of rotatable bonds is 4. The number of halogens is 1. The fourth-order valence-electron chi connectivity index (χ4n) is 2.81.